The third-order valence-corrected chi connectivity index (χ3v) is 2.71. The minimum atomic E-state index is 0.420. The Bertz CT molecular complexity index is 454. The summed E-state index contributed by atoms with van der Waals surface area (Å²) in [7, 11) is 0. The molecule has 1 aromatic carbocycles. The lowest BCUT2D eigenvalue weighted by Gasteiger charge is -2.01. The molecule has 3 nitrogen and oxygen atoms in total. The molecule has 84 valence electrons. The fourth-order valence-corrected chi connectivity index (χ4v) is 1.55. The summed E-state index contributed by atoms with van der Waals surface area (Å²) in [6.45, 7) is 6.39. The Morgan fingerprint density at radius 3 is 2.38 bits per heavy atom. The topological polar surface area (TPSA) is 30.7 Å². The molecule has 0 amide bonds. The second-order valence-corrected chi connectivity index (χ2v) is 4.26. The van der Waals surface area contributed by atoms with Crippen molar-refractivity contribution in [3.05, 3.63) is 41.7 Å². The van der Waals surface area contributed by atoms with Crippen molar-refractivity contribution in [1.29, 1.82) is 0 Å². The van der Waals surface area contributed by atoms with E-state index in [1.54, 1.807) is 0 Å². The summed E-state index contributed by atoms with van der Waals surface area (Å²) in [4.78, 5) is 0. The summed E-state index contributed by atoms with van der Waals surface area (Å²) in [6.07, 6.45) is 3.06. The first-order valence-corrected chi connectivity index (χ1v) is 5.72. The number of hydrogen-bond donors (Lipinski definition) is 0. The first-order valence-electron chi connectivity index (χ1n) is 5.72. The Labute approximate surface area is 96.1 Å². The van der Waals surface area contributed by atoms with Gasteiger partial charge in [0.05, 0.1) is 17.6 Å². The molecule has 0 radical (unpaired) electrons. The van der Waals surface area contributed by atoms with Gasteiger partial charge in [-0.15, -0.1) is 5.10 Å². The third-order valence-electron chi connectivity index (χ3n) is 2.71. The van der Waals surface area contributed by atoms with Crippen LogP contribution in [0.2, 0.25) is 0 Å². The zero-order valence-corrected chi connectivity index (χ0v) is 10.0. The van der Waals surface area contributed by atoms with E-state index in [1.807, 2.05) is 10.9 Å². The van der Waals surface area contributed by atoms with Crippen LogP contribution in [0.3, 0.4) is 0 Å². The fourth-order valence-electron chi connectivity index (χ4n) is 1.55. The number of nitrogens with zero attached hydrogens (tertiary/aromatic N) is 3. The van der Waals surface area contributed by atoms with Gasteiger partial charge in [0, 0.05) is 0 Å². The molecule has 0 bridgehead atoms. The van der Waals surface area contributed by atoms with Crippen molar-refractivity contribution in [1.82, 2.24) is 15.0 Å². The molecule has 2 rings (SSSR count). The predicted molar refractivity (Wildman–Crippen MR) is 64.8 cm³/mol. The Hall–Kier alpha value is -1.64. The molecule has 0 spiro atoms. The van der Waals surface area contributed by atoms with Gasteiger partial charge in [-0.2, -0.15) is 0 Å². The Morgan fingerprint density at radius 1 is 1.19 bits per heavy atom. The highest BCUT2D eigenvalue weighted by molar-refractivity contribution is 5.33. The largest absolute Gasteiger partial charge is 0.220 e. The number of rotatable bonds is 3. The van der Waals surface area contributed by atoms with Crippen LogP contribution in [0, 0.1) is 0 Å². The maximum Gasteiger partial charge on any atom is 0.0857 e. The van der Waals surface area contributed by atoms with Crippen LogP contribution in [0.4, 0.5) is 0 Å². The molecule has 2 aromatic rings. The number of benzene rings is 1. The standard InChI is InChI=1S/C13H17N3/c1-4-11-5-7-12(8-6-11)16-9-13(10(2)3)14-15-16/h5-10H,4H2,1-3H3. The van der Waals surface area contributed by atoms with E-state index < -0.39 is 0 Å². The van der Waals surface area contributed by atoms with Crippen molar-refractivity contribution in [3.63, 3.8) is 0 Å². The third kappa shape index (κ3) is 2.13. The summed E-state index contributed by atoms with van der Waals surface area (Å²) in [5.74, 6) is 0.420. The highest BCUT2D eigenvalue weighted by Crippen LogP contribution is 2.13. The molecule has 0 aliphatic rings. The Balaban J connectivity index is 2.28. The van der Waals surface area contributed by atoms with E-state index >= 15 is 0 Å². The van der Waals surface area contributed by atoms with Crippen LogP contribution in [0.1, 0.15) is 37.9 Å². The van der Waals surface area contributed by atoms with Gasteiger partial charge in [-0.1, -0.05) is 38.1 Å². The zero-order valence-electron chi connectivity index (χ0n) is 10.0. The monoisotopic (exact) mass is 215 g/mol. The van der Waals surface area contributed by atoms with Gasteiger partial charge in [0.1, 0.15) is 0 Å². The zero-order chi connectivity index (χ0) is 11.5. The summed E-state index contributed by atoms with van der Waals surface area (Å²) >= 11 is 0. The van der Waals surface area contributed by atoms with Crippen molar-refractivity contribution in [2.24, 2.45) is 0 Å². The van der Waals surface area contributed by atoms with Crippen molar-refractivity contribution >= 4 is 0 Å². The van der Waals surface area contributed by atoms with E-state index in [0.29, 0.717) is 5.92 Å². The Kier molecular flexibility index (Phi) is 3.04. The van der Waals surface area contributed by atoms with Crippen molar-refractivity contribution in [3.8, 4) is 5.69 Å². The molecule has 16 heavy (non-hydrogen) atoms. The van der Waals surface area contributed by atoms with Crippen LogP contribution in [0.15, 0.2) is 30.5 Å². The molecule has 0 fully saturated rings. The molecule has 3 heteroatoms. The molecule has 0 saturated heterocycles. The molecular formula is C13H17N3. The van der Waals surface area contributed by atoms with Gasteiger partial charge < -0.3 is 0 Å². The quantitative estimate of drug-likeness (QED) is 0.788. The lowest BCUT2D eigenvalue weighted by molar-refractivity contribution is 0.776. The van der Waals surface area contributed by atoms with Crippen molar-refractivity contribution < 1.29 is 0 Å². The minimum Gasteiger partial charge on any atom is -0.220 e. The predicted octanol–water partition coefficient (Wildman–Crippen LogP) is 2.95. The minimum absolute atomic E-state index is 0.420. The average Bonchev–Trinajstić information content (AvgIpc) is 2.78. The van der Waals surface area contributed by atoms with Gasteiger partial charge >= 0.3 is 0 Å². The summed E-state index contributed by atoms with van der Waals surface area (Å²) in [5.41, 5.74) is 3.43. The summed E-state index contributed by atoms with van der Waals surface area (Å²) in [6, 6.07) is 8.42. The van der Waals surface area contributed by atoms with Crippen LogP contribution in [-0.4, -0.2) is 15.0 Å². The van der Waals surface area contributed by atoms with Gasteiger partial charge in [0.15, 0.2) is 0 Å². The molecule has 0 N–H and O–H groups in total. The van der Waals surface area contributed by atoms with E-state index in [4.69, 9.17) is 0 Å². The van der Waals surface area contributed by atoms with Gasteiger partial charge in [-0.05, 0) is 30.0 Å². The van der Waals surface area contributed by atoms with Crippen molar-refractivity contribution in [2.45, 2.75) is 33.1 Å². The molecule has 0 saturated carbocycles. The average molecular weight is 215 g/mol. The van der Waals surface area contributed by atoms with E-state index in [2.05, 4.69) is 55.3 Å². The van der Waals surface area contributed by atoms with Crippen molar-refractivity contribution in [2.75, 3.05) is 0 Å². The highest BCUT2D eigenvalue weighted by Gasteiger charge is 2.05. The van der Waals surface area contributed by atoms with Crippen LogP contribution in [0.5, 0.6) is 0 Å². The van der Waals surface area contributed by atoms with Crippen LogP contribution < -0.4 is 0 Å². The molecule has 1 aromatic heterocycles. The van der Waals surface area contributed by atoms with Gasteiger partial charge in [0.25, 0.3) is 0 Å². The lowest BCUT2D eigenvalue weighted by Crippen LogP contribution is -1.94. The molecule has 0 aliphatic carbocycles. The van der Waals surface area contributed by atoms with Gasteiger partial charge in [0.2, 0.25) is 0 Å². The second kappa shape index (κ2) is 4.47. The number of aromatic nitrogens is 3. The van der Waals surface area contributed by atoms with E-state index in [0.717, 1.165) is 17.8 Å². The normalized spacial score (nSPS) is 11.0. The van der Waals surface area contributed by atoms with Crippen LogP contribution >= 0.6 is 0 Å². The second-order valence-electron chi connectivity index (χ2n) is 4.26. The van der Waals surface area contributed by atoms with E-state index in [9.17, 15) is 0 Å². The SMILES string of the molecule is CCc1ccc(-n2cc(C(C)C)nn2)cc1. The fraction of sp³-hybridized carbons (Fsp3) is 0.385. The number of aryl methyl sites for hydroxylation is 1. The van der Waals surface area contributed by atoms with E-state index in [-0.39, 0.29) is 0 Å². The van der Waals surface area contributed by atoms with Crippen LogP contribution in [-0.2, 0) is 6.42 Å². The van der Waals surface area contributed by atoms with Crippen LogP contribution in [0.25, 0.3) is 5.69 Å². The molecule has 0 unspecified atom stereocenters. The lowest BCUT2D eigenvalue weighted by atomic mass is 10.1. The first-order chi connectivity index (χ1) is 7.70. The highest BCUT2D eigenvalue weighted by atomic mass is 15.4. The number of hydrogen-bond acceptors (Lipinski definition) is 2. The molecular weight excluding hydrogens is 198 g/mol. The summed E-state index contributed by atoms with van der Waals surface area (Å²) in [5, 5.41) is 8.28. The van der Waals surface area contributed by atoms with E-state index in [1.165, 1.54) is 5.56 Å². The molecule has 1 heterocycles. The summed E-state index contributed by atoms with van der Waals surface area (Å²) < 4.78 is 1.83. The first kappa shape index (κ1) is 10.9. The smallest absolute Gasteiger partial charge is 0.0857 e. The molecule has 0 aliphatic heterocycles. The van der Waals surface area contributed by atoms with Gasteiger partial charge in [-0.25, -0.2) is 4.68 Å². The maximum atomic E-state index is 4.15. The molecule has 0 atom stereocenters. The van der Waals surface area contributed by atoms with Gasteiger partial charge in [-0.3, -0.25) is 0 Å². The maximum absolute atomic E-state index is 4.15. The Morgan fingerprint density at radius 2 is 1.88 bits per heavy atom.